The highest BCUT2D eigenvalue weighted by Crippen LogP contribution is 2.36. The van der Waals surface area contributed by atoms with Gasteiger partial charge in [0.2, 0.25) is 0 Å². The van der Waals surface area contributed by atoms with Crippen LogP contribution in [0.1, 0.15) is 31.4 Å². The third-order valence-electron chi connectivity index (χ3n) is 5.54. The maximum absolute atomic E-state index is 6.22. The van der Waals surface area contributed by atoms with Crippen LogP contribution in [0, 0.1) is 6.92 Å². The number of nitrogens with zero attached hydrogens (tertiary/aromatic N) is 3. The topological polar surface area (TPSA) is 89.9 Å². The summed E-state index contributed by atoms with van der Waals surface area (Å²) in [6, 6.07) is 15.5. The molecule has 0 bridgehead atoms. The Morgan fingerprint density at radius 3 is 2.76 bits per heavy atom. The van der Waals surface area contributed by atoms with Crippen LogP contribution in [0.3, 0.4) is 0 Å². The number of hydrogen-bond acceptors (Lipinski definition) is 7. The molecule has 148 valence electrons. The van der Waals surface area contributed by atoms with Gasteiger partial charge in [-0.1, -0.05) is 54.3 Å². The van der Waals surface area contributed by atoms with E-state index in [9.17, 15) is 0 Å². The number of anilines is 1. The highest BCUT2D eigenvalue weighted by atomic mass is 32.1. The van der Waals surface area contributed by atoms with Gasteiger partial charge in [0.05, 0.1) is 5.69 Å². The van der Waals surface area contributed by atoms with Crippen LogP contribution >= 0.6 is 11.3 Å². The van der Waals surface area contributed by atoms with E-state index in [1.165, 1.54) is 23.6 Å². The summed E-state index contributed by atoms with van der Waals surface area (Å²) in [7, 11) is 0. The second-order valence-corrected chi connectivity index (χ2v) is 8.61. The molecule has 0 aliphatic heterocycles. The number of rotatable bonds is 4. The maximum atomic E-state index is 6.22. The number of nitrogens with two attached hydrogens (primary N) is 1. The van der Waals surface area contributed by atoms with E-state index in [1.54, 1.807) is 11.3 Å². The molecule has 3 N–H and O–H groups in total. The number of benzene rings is 2. The molecule has 1 saturated carbocycles. The molecule has 0 saturated heterocycles. The summed E-state index contributed by atoms with van der Waals surface area (Å²) in [6.45, 7) is 1.98. The Kier molecular flexibility index (Phi) is 4.77. The summed E-state index contributed by atoms with van der Waals surface area (Å²) in [6.07, 6.45) is 4.42. The van der Waals surface area contributed by atoms with Crippen molar-refractivity contribution in [2.75, 3.05) is 5.32 Å². The van der Waals surface area contributed by atoms with E-state index < -0.39 is 0 Å². The summed E-state index contributed by atoms with van der Waals surface area (Å²) in [4.78, 5) is 5.66. The first-order chi connectivity index (χ1) is 14.2. The van der Waals surface area contributed by atoms with Crippen molar-refractivity contribution in [2.24, 2.45) is 5.73 Å². The minimum absolute atomic E-state index is 0.128. The van der Waals surface area contributed by atoms with E-state index in [-0.39, 0.29) is 12.1 Å². The zero-order chi connectivity index (χ0) is 19.8. The van der Waals surface area contributed by atoms with Gasteiger partial charge in [-0.15, -0.1) is 16.4 Å². The first kappa shape index (κ1) is 18.3. The van der Waals surface area contributed by atoms with E-state index >= 15 is 0 Å². The van der Waals surface area contributed by atoms with Crippen molar-refractivity contribution in [1.29, 1.82) is 0 Å². The van der Waals surface area contributed by atoms with Crippen LogP contribution in [-0.4, -0.2) is 27.3 Å². The number of fused-ring (bicyclic) bond motifs is 1. The normalized spacial score (nSPS) is 19.5. The Hall–Kier alpha value is -2.77. The van der Waals surface area contributed by atoms with Gasteiger partial charge in [0.25, 0.3) is 5.89 Å². The summed E-state index contributed by atoms with van der Waals surface area (Å²) >= 11 is 1.57. The molecule has 2 atom stereocenters. The van der Waals surface area contributed by atoms with Crippen molar-refractivity contribution in [3.63, 3.8) is 0 Å². The fourth-order valence-electron chi connectivity index (χ4n) is 3.91. The Bertz CT molecular complexity index is 1150. The Morgan fingerprint density at radius 2 is 1.90 bits per heavy atom. The number of hydrogen-bond donors (Lipinski definition) is 2. The predicted molar refractivity (Wildman–Crippen MR) is 117 cm³/mol. The smallest absolute Gasteiger partial charge is 0.316 e. The molecule has 2 aromatic heterocycles. The molecule has 2 aromatic carbocycles. The molecule has 1 aliphatic rings. The summed E-state index contributed by atoms with van der Waals surface area (Å²) < 4.78 is 5.90. The predicted octanol–water partition coefficient (Wildman–Crippen LogP) is 5.00. The van der Waals surface area contributed by atoms with Crippen LogP contribution in [0.25, 0.3) is 32.1 Å². The minimum atomic E-state index is 0.128. The van der Waals surface area contributed by atoms with Gasteiger partial charge >= 0.3 is 6.01 Å². The molecule has 0 unspecified atom stereocenters. The van der Waals surface area contributed by atoms with Crippen LogP contribution in [0.15, 0.2) is 46.9 Å². The third kappa shape index (κ3) is 3.63. The van der Waals surface area contributed by atoms with Crippen molar-refractivity contribution >= 4 is 28.1 Å². The molecule has 4 aromatic rings. The minimum Gasteiger partial charge on any atom is -0.402 e. The standard InChI is InChI=1S/C22H23N5OS/c1-13-19(20-26-27-22(28-20)25-18-9-5-4-8-17(18)23)29-21(24-13)16-11-10-14-6-2-3-7-15(14)12-16/h2-3,6-7,10-12,17-18H,4-5,8-9,23H2,1H3,(H,25,27)/t17-,18-/m1/s1. The summed E-state index contributed by atoms with van der Waals surface area (Å²) in [5.41, 5.74) is 8.20. The SMILES string of the molecule is Cc1nc(-c2ccc3ccccc3c2)sc1-c1nnc(N[C@@H]2CCCC[C@H]2N)o1. The lowest BCUT2D eigenvalue weighted by atomic mass is 9.91. The van der Waals surface area contributed by atoms with Gasteiger partial charge < -0.3 is 15.5 Å². The van der Waals surface area contributed by atoms with Gasteiger partial charge in [-0.05, 0) is 36.6 Å². The highest BCUT2D eigenvalue weighted by molar-refractivity contribution is 7.18. The van der Waals surface area contributed by atoms with Crippen molar-refractivity contribution < 1.29 is 4.42 Å². The van der Waals surface area contributed by atoms with Crippen LogP contribution < -0.4 is 11.1 Å². The largest absolute Gasteiger partial charge is 0.402 e. The number of thiazole rings is 1. The lowest BCUT2D eigenvalue weighted by Gasteiger charge is -2.28. The van der Waals surface area contributed by atoms with Crippen LogP contribution in [0.4, 0.5) is 6.01 Å². The molecule has 1 fully saturated rings. The molecule has 7 heteroatoms. The molecule has 6 nitrogen and oxygen atoms in total. The molecule has 1 aliphatic carbocycles. The second kappa shape index (κ2) is 7.57. The average Bonchev–Trinajstić information content (AvgIpc) is 3.36. The van der Waals surface area contributed by atoms with Gasteiger partial charge in [-0.2, -0.15) is 0 Å². The van der Waals surface area contributed by atoms with Crippen LogP contribution in [0.2, 0.25) is 0 Å². The molecule has 0 spiro atoms. The maximum Gasteiger partial charge on any atom is 0.316 e. The first-order valence-electron chi connectivity index (χ1n) is 10.00. The molecule has 0 radical (unpaired) electrons. The van der Waals surface area contributed by atoms with Crippen molar-refractivity contribution in [3.05, 3.63) is 48.2 Å². The molecule has 2 heterocycles. The van der Waals surface area contributed by atoms with E-state index in [1.807, 2.05) is 6.92 Å². The fraction of sp³-hybridized carbons (Fsp3) is 0.318. The highest BCUT2D eigenvalue weighted by Gasteiger charge is 2.24. The van der Waals surface area contributed by atoms with Gasteiger partial charge in [0.15, 0.2) is 0 Å². The third-order valence-corrected chi connectivity index (χ3v) is 6.74. The molecule has 5 rings (SSSR count). The quantitative estimate of drug-likeness (QED) is 0.496. The van der Waals surface area contributed by atoms with E-state index in [0.29, 0.717) is 11.9 Å². The summed E-state index contributed by atoms with van der Waals surface area (Å²) in [5, 5.41) is 15.1. The van der Waals surface area contributed by atoms with Crippen molar-refractivity contribution in [3.8, 4) is 21.3 Å². The first-order valence-corrected chi connectivity index (χ1v) is 10.8. The van der Waals surface area contributed by atoms with Crippen molar-refractivity contribution in [2.45, 2.75) is 44.7 Å². The average molecular weight is 406 g/mol. The number of aromatic nitrogens is 3. The number of aryl methyl sites for hydroxylation is 1. The second-order valence-electron chi connectivity index (χ2n) is 7.61. The van der Waals surface area contributed by atoms with Gasteiger partial charge in [-0.25, -0.2) is 4.98 Å². The molecular formula is C22H23N5OS. The van der Waals surface area contributed by atoms with Crippen LogP contribution in [0.5, 0.6) is 0 Å². The Morgan fingerprint density at radius 1 is 1.07 bits per heavy atom. The van der Waals surface area contributed by atoms with Gasteiger partial charge in [0, 0.05) is 17.6 Å². The van der Waals surface area contributed by atoms with E-state index in [0.717, 1.165) is 34.0 Å². The molecule has 29 heavy (non-hydrogen) atoms. The van der Waals surface area contributed by atoms with Gasteiger partial charge in [0.1, 0.15) is 9.88 Å². The summed E-state index contributed by atoms with van der Waals surface area (Å²) in [5.74, 6) is 0.499. The van der Waals surface area contributed by atoms with E-state index in [2.05, 4.69) is 58.0 Å². The van der Waals surface area contributed by atoms with E-state index in [4.69, 9.17) is 15.1 Å². The fourth-order valence-corrected chi connectivity index (χ4v) is 4.90. The lowest BCUT2D eigenvalue weighted by molar-refractivity contribution is 0.395. The monoisotopic (exact) mass is 405 g/mol. The van der Waals surface area contributed by atoms with Gasteiger partial charge in [-0.3, -0.25) is 0 Å². The molecular weight excluding hydrogens is 382 g/mol. The van der Waals surface area contributed by atoms with Crippen LogP contribution in [-0.2, 0) is 0 Å². The Labute approximate surface area is 173 Å². The zero-order valence-corrected chi connectivity index (χ0v) is 17.1. The number of nitrogens with one attached hydrogen (secondary N) is 1. The lowest BCUT2D eigenvalue weighted by Crippen LogP contribution is -2.42. The zero-order valence-electron chi connectivity index (χ0n) is 16.3. The Balaban J connectivity index is 1.41. The molecule has 0 amide bonds. The van der Waals surface area contributed by atoms with Crippen molar-refractivity contribution in [1.82, 2.24) is 15.2 Å².